The van der Waals surface area contributed by atoms with Gasteiger partial charge >= 0.3 is 0 Å². The number of rotatable bonds is 7. The fourth-order valence-corrected chi connectivity index (χ4v) is 5.68. The van der Waals surface area contributed by atoms with Gasteiger partial charge < -0.3 is 0 Å². The summed E-state index contributed by atoms with van der Waals surface area (Å²) in [4.78, 5) is 13.2. The van der Waals surface area contributed by atoms with E-state index in [-0.39, 0.29) is 41.2 Å². The summed E-state index contributed by atoms with van der Waals surface area (Å²) >= 11 is 5.90. The van der Waals surface area contributed by atoms with Crippen molar-refractivity contribution in [2.24, 2.45) is 11.8 Å². The van der Waals surface area contributed by atoms with Crippen molar-refractivity contribution in [2.75, 3.05) is 0 Å². The van der Waals surface area contributed by atoms with Gasteiger partial charge in [-0.15, -0.1) is 0 Å². The van der Waals surface area contributed by atoms with Crippen molar-refractivity contribution < 1.29 is 22.4 Å². The second kappa shape index (κ2) is 11.3. The molecule has 1 nitrogen and oxygen atoms in total. The molecule has 0 N–H and O–H groups in total. The average molecular weight is 519 g/mol. The lowest BCUT2D eigenvalue weighted by atomic mass is 9.73. The van der Waals surface area contributed by atoms with Crippen molar-refractivity contribution in [3.05, 3.63) is 93.0 Å². The van der Waals surface area contributed by atoms with Gasteiger partial charge in [0.05, 0.1) is 0 Å². The van der Waals surface area contributed by atoms with Crippen LogP contribution in [0.3, 0.4) is 0 Å². The van der Waals surface area contributed by atoms with Gasteiger partial charge in [-0.1, -0.05) is 47.5 Å². The Morgan fingerprint density at radius 3 is 2.39 bits per heavy atom. The Bertz CT molecular complexity index is 1160. The molecular weight excluding hydrogens is 488 g/mol. The molecule has 0 saturated carbocycles. The Morgan fingerprint density at radius 1 is 0.972 bits per heavy atom. The van der Waals surface area contributed by atoms with Crippen LogP contribution in [0, 0.1) is 17.7 Å². The third-order valence-electron chi connectivity index (χ3n) is 7.68. The standard InChI is InChI=1S/C30H31ClF4O/c1-30(34,35)25-12-8-22(9-13-25)29(36)17-24-7-6-23-16-27(32)15-11-20(23)3-2-19(24)4-5-21-10-14-26(31)18-28(21)33/h8-10,12-14,16,18-19,24H,2-7,11,15,17H2,1H3. The van der Waals surface area contributed by atoms with E-state index in [1.807, 2.05) is 0 Å². The molecule has 0 bridgehead atoms. The molecule has 2 aliphatic carbocycles. The number of Topliss-reactive ketones (excluding diaryl/α,β-unsaturated/α-hetero) is 1. The lowest BCUT2D eigenvalue weighted by molar-refractivity contribution is 0.0174. The number of alkyl halides is 2. The summed E-state index contributed by atoms with van der Waals surface area (Å²) in [6, 6.07) is 10.3. The monoisotopic (exact) mass is 518 g/mol. The normalized spacial score (nSPS) is 20.9. The molecule has 0 heterocycles. The summed E-state index contributed by atoms with van der Waals surface area (Å²) in [5, 5.41) is 0.356. The Morgan fingerprint density at radius 2 is 1.69 bits per heavy atom. The van der Waals surface area contributed by atoms with E-state index in [0.717, 1.165) is 44.6 Å². The fraction of sp³-hybridized carbons (Fsp3) is 0.433. The van der Waals surface area contributed by atoms with Crippen LogP contribution < -0.4 is 0 Å². The third-order valence-corrected chi connectivity index (χ3v) is 7.91. The van der Waals surface area contributed by atoms with Crippen molar-refractivity contribution >= 4 is 17.4 Å². The highest BCUT2D eigenvalue weighted by Crippen LogP contribution is 2.40. The second-order valence-electron chi connectivity index (χ2n) is 10.2. The summed E-state index contributed by atoms with van der Waals surface area (Å²) in [6.07, 6.45) is 7.50. The maximum atomic E-state index is 14.4. The molecule has 0 amide bonds. The molecule has 0 aliphatic heterocycles. The number of carbonyl (C=O) groups is 1. The molecule has 0 fully saturated rings. The average Bonchev–Trinajstić information content (AvgIpc) is 2.82. The number of hydrogen-bond acceptors (Lipinski definition) is 1. The highest BCUT2D eigenvalue weighted by Gasteiger charge is 2.29. The van der Waals surface area contributed by atoms with Gasteiger partial charge in [0.15, 0.2) is 5.78 Å². The predicted octanol–water partition coefficient (Wildman–Crippen LogP) is 9.55. The summed E-state index contributed by atoms with van der Waals surface area (Å²) in [6.45, 7) is 0.831. The molecule has 36 heavy (non-hydrogen) atoms. The zero-order valence-corrected chi connectivity index (χ0v) is 21.2. The molecule has 2 aromatic rings. The molecule has 2 aromatic carbocycles. The Kier molecular flexibility index (Phi) is 8.39. The summed E-state index contributed by atoms with van der Waals surface area (Å²) in [5.74, 6) is -3.25. The van der Waals surface area contributed by atoms with Crippen LogP contribution in [0.25, 0.3) is 0 Å². The van der Waals surface area contributed by atoms with E-state index in [1.54, 1.807) is 18.2 Å². The molecule has 6 heteroatoms. The van der Waals surface area contributed by atoms with Crippen molar-refractivity contribution in [1.82, 2.24) is 0 Å². The van der Waals surface area contributed by atoms with Crippen LogP contribution in [0.5, 0.6) is 0 Å². The Hall–Kier alpha value is -2.40. The number of hydrogen-bond donors (Lipinski definition) is 0. The molecule has 2 aliphatic rings. The minimum absolute atomic E-state index is 0.0348. The van der Waals surface area contributed by atoms with Gasteiger partial charge in [-0.25, -0.2) is 17.6 Å². The molecule has 2 atom stereocenters. The molecule has 192 valence electrons. The minimum Gasteiger partial charge on any atom is -0.294 e. The van der Waals surface area contributed by atoms with Crippen LogP contribution in [0.15, 0.2) is 65.5 Å². The van der Waals surface area contributed by atoms with Gasteiger partial charge in [-0.3, -0.25) is 4.79 Å². The van der Waals surface area contributed by atoms with Gasteiger partial charge in [-0.05, 0) is 86.1 Å². The maximum Gasteiger partial charge on any atom is 0.270 e. The number of ketones is 1. The highest BCUT2D eigenvalue weighted by atomic mass is 35.5. The van der Waals surface area contributed by atoms with Crippen LogP contribution in [-0.2, 0) is 12.3 Å². The van der Waals surface area contributed by atoms with E-state index in [4.69, 9.17) is 11.6 Å². The van der Waals surface area contributed by atoms with Crippen LogP contribution in [-0.4, -0.2) is 5.78 Å². The number of halogens is 5. The first-order valence-corrected chi connectivity index (χ1v) is 13.0. The van der Waals surface area contributed by atoms with Gasteiger partial charge in [0.1, 0.15) is 11.6 Å². The second-order valence-corrected chi connectivity index (χ2v) is 10.6. The molecule has 4 rings (SSSR count). The lowest BCUT2D eigenvalue weighted by Crippen LogP contribution is -2.22. The molecular formula is C30H31ClF4O. The van der Waals surface area contributed by atoms with Crippen LogP contribution >= 0.6 is 11.6 Å². The molecule has 0 saturated heterocycles. The van der Waals surface area contributed by atoms with Crippen molar-refractivity contribution in [3.8, 4) is 0 Å². The number of benzene rings is 2. The van der Waals surface area contributed by atoms with Crippen molar-refractivity contribution in [3.63, 3.8) is 0 Å². The fourth-order valence-electron chi connectivity index (χ4n) is 5.52. The quantitative estimate of drug-likeness (QED) is 0.263. The Labute approximate surface area is 215 Å². The van der Waals surface area contributed by atoms with Gasteiger partial charge in [0, 0.05) is 35.9 Å². The third kappa shape index (κ3) is 6.67. The van der Waals surface area contributed by atoms with E-state index < -0.39 is 5.92 Å². The molecule has 0 aromatic heterocycles. The minimum atomic E-state index is -2.96. The predicted molar refractivity (Wildman–Crippen MR) is 136 cm³/mol. The van der Waals surface area contributed by atoms with Crippen LogP contribution in [0.4, 0.5) is 17.6 Å². The summed E-state index contributed by atoms with van der Waals surface area (Å²) in [5.41, 5.74) is 3.23. The number of carbonyl (C=O) groups excluding carboxylic acids is 1. The van der Waals surface area contributed by atoms with Gasteiger partial charge in [-0.2, -0.15) is 0 Å². The van der Waals surface area contributed by atoms with Gasteiger partial charge in [0.25, 0.3) is 5.92 Å². The molecule has 2 unspecified atom stereocenters. The maximum absolute atomic E-state index is 14.4. The smallest absolute Gasteiger partial charge is 0.270 e. The number of allylic oxidation sites excluding steroid dienone is 4. The van der Waals surface area contributed by atoms with E-state index in [9.17, 15) is 22.4 Å². The van der Waals surface area contributed by atoms with E-state index in [0.29, 0.717) is 35.4 Å². The van der Waals surface area contributed by atoms with E-state index >= 15 is 0 Å². The van der Waals surface area contributed by atoms with E-state index in [1.165, 1.54) is 35.9 Å². The zero-order valence-electron chi connectivity index (χ0n) is 20.4. The molecule has 0 radical (unpaired) electrons. The SMILES string of the molecule is CC(F)(F)c1ccc(C(=O)CC2CCC3=C(CCC(F)=C3)CCC2CCc2ccc(Cl)cc2F)cc1. The highest BCUT2D eigenvalue weighted by molar-refractivity contribution is 6.30. The van der Waals surface area contributed by atoms with Crippen molar-refractivity contribution in [1.29, 1.82) is 0 Å². The Balaban J connectivity index is 1.52. The lowest BCUT2D eigenvalue weighted by Gasteiger charge is -2.32. The first-order valence-electron chi connectivity index (χ1n) is 12.6. The summed E-state index contributed by atoms with van der Waals surface area (Å²) < 4.78 is 55.5. The first-order chi connectivity index (χ1) is 17.1. The van der Waals surface area contributed by atoms with Gasteiger partial charge in [0.2, 0.25) is 0 Å². The first kappa shape index (κ1) is 26.7. The van der Waals surface area contributed by atoms with Crippen LogP contribution in [0.1, 0.15) is 79.8 Å². The zero-order chi connectivity index (χ0) is 25.9. The summed E-state index contributed by atoms with van der Waals surface area (Å²) in [7, 11) is 0. The van der Waals surface area contributed by atoms with E-state index in [2.05, 4.69) is 0 Å². The van der Waals surface area contributed by atoms with Crippen LogP contribution in [0.2, 0.25) is 5.02 Å². The topological polar surface area (TPSA) is 17.1 Å². The number of aryl methyl sites for hydroxylation is 1. The molecule has 0 spiro atoms. The van der Waals surface area contributed by atoms with Crippen molar-refractivity contribution in [2.45, 2.75) is 70.6 Å². The largest absolute Gasteiger partial charge is 0.294 e.